The quantitative estimate of drug-likeness (QED) is 0.114. The molecule has 1 heterocycles. The van der Waals surface area contributed by atoms with Crippen molar-refractivity contribution < 1.29 is 9.15 Å². The number of hydrogen-bond donors (Lipinski definition) is 0. The second-order valence-corrected chi connectivity index (χ2v) is 16.6. The fourth-order valence-electron chi connectivity index (χ4n) is 9.01. The Morgan fingerprint density at radius 2 is 1.45 bits per heavy atom. The summed E-state index contributed by atoms with van der Waals surface area (Å²) in [5.74, 6) is 2.08. The van der Waals surface area contributed by atoms with Crippen LogP contribution in [-0.2, 0) is 6.42 Å². The summed E-state index contributed by atoms with van der Waals surface area (Å²) in [5, 5.41) is 21.9. The maximum atomic E-state index is 9.86. The lowest BCUT2D eigenvalue weighted by Gasteiger charge is -2.32. The van der Waals surface area contributed by atoms with E-state index in [0.29, 0.717) is 29.1 Å². The lowest BCUT2D eigenvalue weighted by molar-refractivity contribution is 0.417. The number of benzene rings is 6. The van der Waals surface area contributed by atoms with E-state index >= 15 is 0 Å². The molecule has 0 radical (unpaired) electrons. The molecule has 8 rings (SSSR count). The Hall–Kier alpha value is -8.58. The minimum Gasteiger partial charge on any atom is -0.494 e. The van der Waals surface area contributed by atoms with Crippen molar-refractivity contribution in [3.8, 4) is 29.0 Å². The number of hydrogen-bond acceptors (Lipinski definition) is 6. The first-order chi connectivity index (χ1) is 32.6. The van der Waals surface area contributed by atoms with Crippen molar-refractivity contribution >= 4 is 62.6 Å². The SMILES string of the molecule is C=C/C=C(\c1ccc2ccc(N(c3ccc(C#N)cc3)c3cccc(-c4cccc(C)c4)c3OC)c3c2c1CC=C3)N(c1ccc(C#N)cc1)c1cccc(C)c(/C=C\C)c(C(=C)C)oc1C. The standard InChI is InChI=1S/C61H52N4O2/c1-9-15-50-42(6)18-12-23-55(43(7)67-60(50)40(3)4)64(48-31-25-44(38-62)26-32-48)56(16-10-2)52-35-29-46-30-36-57(54-22-13-21-53(52)59(46)54)65(49-33-27-45(39-63)28-34-49)58-24-14-20-51(61(58)66-8)47-19-11-17-41(5)37-47/h9-20,22-37H,2-3,21H2,1,4-8H3/b15-9-,23-12?,42-18?,55-43?,56-16+,60-50?. The van der Waals surface area contributed by atoms with Gasteiger partial charge in [-0.15, -0.1) is 0 Å². The van der Waals surface area contributed by atoms with Crippen molar-refractivity contribution in [1.82, 2.24) is 0 Å². The van der Waals surface area contributed by atoms with Crippen LogP contribution in [-0.4, -0.2) is 7.11 Å². The number of rotatable bonds is 12. The third kappa shape index (κ3) is 8.82. The predicted molar refractivity (Wildman–Crippen MR) is 280 cm³/mol. The van der Waals surface area contributed by atoms with Crippen molar-refractivity contribution in [2.45, 2.75) is 41.0 Å². The molecular formula is C61H52N4O2. The Balaban J connectivity index is 1.41. The highest BCUT2D eigenvalue weighted by Gasteiger charge is 2.27. The molecule has 0 bridgehead atoms. The van der Waals surface area contributed by atoms with Crippen molar-refractivity contribution in [2.75, 3.05) is 16.9 Å². The van der Waals surface area contributed by atoms with E-state index in [-0.39, 0.29) is 0 Å². The molecule has 7 aromatic rings. The Bertz CT molecular complexity index is 3310. The summed E-state index contributed by atoms with van der Waals surface area (Å²) in [6.07, 6.45) is 13.1. The van der Waals surface area contributed by atoms with Crippen LogP contribution in [0.1, 0.15) is 69.9 Å². The molecule has 67 heavy (non-hydrogen) atoms. The molecule has 6 aromatic carbocycles. The summed E-state index contributed by atoms with van der Waals surface area (Å²) < 4.78 is 13.2. The van der Waals surface area contributed by atoms with Crippen LogP contribution in [0.4, 0.5) is 28.4 Å². The molecule has 0 spiro atoms. The van der Waals surface area contributed by atoms with Crippen LogP contribution in [0.3, 0.4) is 0 Å². The Morgan fingerprint density at radius 1 is 0.776 bits per heavy atom. The van der Waals surface area contributed by atoms with Crippen LogP contribution >= 0.6 is 0 Å². The molecule has 0 atom stereocenters. The lowest BCUT2D eigenvalue weighted by atomic mass is 9.86. The molecule has 0 unspecified atom stereocenters. The summed E-state index contributed by atoms with van der Waals surface area (Å²) >= 11 is 0. The molecule has 6 nitrogen and oxygen atoms in total. The number of aryl methyl sites for hydroxylation is 3. The number of allylic oxidation sites excluding steroid dienone is 5. The number of nitrogens with zero attached hydrogens (tertiary/aromatic N) is 4. The maximum Gasteiger partial charge on any atom is 0.150 e. The van der Waals surface area contributed by atoms with Crippen molar-refractivity contribution in [3.63, 3.8) is 0 Å². The fourth-order valence-corrected chi connectivity index (χ4v) is 9.01. The molecule has 0 saturated heterocycles. The van der Waals surface area contributed by atoms with Gasteiger partial charge in [0.1, 0.15) is 11.5 Å². The van der Waals surface area contributed by atoms with Gasteiger partial charge in [-0.2, -0.15) is 10.5 Å². The third-order valence-corrected chi connectivity index (χ3v) is 12.1. The van der Waals surface area contributed by atoms with Crippen molar-refractivity contribution in [2.24, 2.45) is 0 Å². The number of anilines is 5. The number of nitriles is 2. The van der Waals surface area contributed by atoms with Gasteiger partial charge >= 0.3 is 0 Å². The Morgan fingerprint density at radius 3 is 2.10 bits per heavy atom. The van der Waals surface area contributed by atoms with Gasteiger partial charge in [-0.05, 0) is 147 Å². The predicted octanol–water partition coefficient (Wildman–Crippen LogP) is 16.4. The number of para-hydroxylation sites is 1. The topological polar surface area (TPSA) is 76.4 Å². The van der Waals surface area contributed by atoms with E-state index in [1.54, 1.807) is 7.11 Å². The van der Waals surface area contributed by atoms with E-state index in [9.17, 15) is 10.5 Å². The van der Waals surface area contributed by atoms with Gasteiger partial charge in [-0.1, -0.05) is 116 Å². The monoisotopic (exact) mass is 872 g/mol. The van der Waals surface area contributed by atoms with Gasteiger partial charge in [-0.3, -0.25) is 0 Å². The highest BCUT2D eigenvalue weighted by atomic mass is 16.5. The van der Waals surface area contributed by atoms with Crippen LogP contribution in [0.15, 0.2) is 175 Å². The minimum absolute atomic E-state index is 0.558. The number of methoxy groups -OCH3 is 1. The van der Waals surface area contributed by atoms with E-state index in [2.05, 4.69) is 152 Å². The van der Waals surface area contributed by atoms with Crippen LogP contribution in [0.25, 0.3) is 45.3 Å². The van der Waals surface area contributed by atoms with Crippen molar-refractivity contribution in [3.05, 3.63) is 227 Å². The highest BCUT2D eigenvalue weighted by molar-refractivity contribution is 6.05. The van der Waals surface area contributed by atoms with Crippen LogP contribution in [0, 0.1) is 43.4 Å². The van der Waals surface area contributed by atoms with Gasteiger partial charge in [0.2, 0.25) is 0 Å². The summed E-state index contributed by atoms with van der Waals surface area (Å²) in [6, 6.07) is 49.6. The first-order valence-electron chi connectivity index (χ1n) is 22.3. The van der Waals surface area contributed by atoms with Gasteiger partial charge in [-0.25, -0.2) is 0 Å². The second-order valence-electron chi connectivity index (χ2n) is 16.6. The molecule has 0 amide bonds. The zero-order chi connectivity index (χ0) is 47.2. The smallest absolute Gasteiger partial charge is 0.150 e. The minimum atomic E-state index is 0.558. The molecule has 1 aliphatic carbocycles. The maximum absolute atomic E-state index is 9.86. The summed E-state index contributed by atoms with van der Waals surface area (Å²) in [7, 11) is 1.72. The summed E-state index contributed by atoms with van der Waals surface area (Å²) in [5.41, 5.74) is 15.5. The van der Waals surface area contributed by atoms with Gasteiger partial charge in [0.05, 0.1) is 53.1 Å². The van der Waals surface area contributed by atoms with Crippen LogP contribution in [0.5, 0.6) is 5.75 Å². The zero-order valence-electron chi connectivity index (χ0n) is 38.9. The van der Waals surface area contributed by atoms with Gasteiger partial charge in [0, 0.05) is 33.6 Å². The lowest BCUT2D eigenvalue weighted by Crippen LogP contribution is -2.18. The molecule has 1 aromatic heterocycles. The zero-order valence-corrected chi connectivity index (χ0v) is 38.9. The second kappa shape index (κ2) is 19.7. The van der Waals surface area contributed by atoms with Crippen molar-refractivity contribution in [1.29, 1.82) is 10.5 Å². The van der Waals surface area contributed by atoms with Gasteiger partial charge < -0.3 is 19.0 Å². The molecule has 328 valence electrons. The van der Waals surface area contributed by atoms with E-state index in [1.165, 1.54) is 0 Å². The average molecular weight is 873 g/mol. The molecule has 0 aliphatic heterocycles. The van der Waals surface area contributed by atoms with Gasteiger partial charge in [0.15, 0.2) is 5.75 Å². The van der Waals surface area contributed by atoms with E-state index in [0.717, 1.165) is 101 Å². The molecule has 6 heteroatoms. The first kappa shape index (κ1) is 45.0. The van der Waals surface area contributed by atoms with Crippen LogP contribution in [0.2, 0.25) is 0 Å². The van der Waals surface area contributed by atoms with E-state index in [1.807, 2.05) is 87.5 Å². The number of ether oxygens (including phenoxy) is 1. The fraction of sp³-hybridized carbons (Fsp3) is 0.115. The highest BCUT2D eigenvalue weighted by Crippen LogP contribution is 2.49. The third-order valence-electron chi connectivity index (χ3n) is 12.1. The van der Waals surface area contributed by atoms with Gasteiger partial charge in [0.25, 0.3) is 0 Å². The molecule has 1 aliphatic rings. The Kier molecular flexibility index (Phi) is 13.2. The largest absolute Gasteiger partial charge is 0.494 e. The normalized spacial score (nSPS) is 11.7. The first-order valence-corrected chi connectivity index (χ1v) is 22.3. The van der Waals surface area contributed by atoms with E-state index < -0.39 is 0 Å². The molecular weight excluding hydrogens is 821 g/mol. The molecule has 0 N–H and O–H groups in total. The summed E-state index contributed by atoms with van der Waals surface area (Å²) in [4.78, 5) is 4.43. The average Bonchev–Trinajstić information content (AvgIpc) is 3.40. The Labute approximate surface area is 394 Å². The molecule has 0 saturated carbocycles. The summed E-state index contributed by atoms with van der Waals surface area (Å²) in [6.45, 7) is 18.7. The van der Waals surface area contributed by atoms with E-state index in [4.69, 9.17) is 9.15 Å². The van der Waals surface area contributed by atoms with Crippen LogP contribution < -0.4 is 14.5 Å². The molecule has 0 fully saturated rings.